The Kier molecular flexibility index (Phi) is 5.34. The van der Waals surface area contributed by atoms with Gasteiger partial charge in [0.25, 0.3) is 0 Å². The quantitative estimate of drug-likeness (QED) is 0.906. The van der Waals surface area contributed by atoms with Crippen LogP contribution in [0.15, 0.2) is 18.2 Å². The topological polar surface area (TPSA) is 29.3 Å². The van der Waals surface area contributed by atoms with Gasteiger partial charge < -0.3 is 10.6 Å². The lowest BCUT2D eigenvalue weighted by atomic mass is 9.90. The van der Waals surface area contributed by atoms with Gasteiger partial charge in [-0.1, -0.05) is 32.4 Å². The largest absolute Gasteiger partial charge is 0.371 e. The maximum absolute atomic E-state index is 6.18. The van der Waals surface area contributed by atoms with Crippen LogP contribution in [0.1, 0.15) is 39.2 Å². The molecule has 2 rings (SSSR count). The van der Waals surface area contributed by atoms with Gasteiger partial charge in [0.2, 0.25) is 0 Å². The van der Waals surface area contributed by atoms with Crippen molar-refractivity contribution in [3.8, 4) is 0 Å². The molecule has 1 fully saturated rings. The van der Waals surface area contributed by atoms with Crippen LogP contribution in [-0.2, 0) is 6.42 Å². The molecule has 1 saturated heterocycles. The standard InChI is InChI=1S/C17H27ClN2/c1-4-16(19)9-14-8-15(18)5-6-17(14)20-10-12(2)7-13(3)11-20/h5-6,8,12-13,16H,4,7,9-11,19H2,1-3H3. The van der Waals surface area contributed by atoms with E-state index in [4.69, 9.17) is 17.3 Å². The van der Waals surface area contributed by atoms with Gasteiger partial charge >= 0.3 is 0 Å². The molecule has 0 aliphatic carbocycles. The van der Waals surface area contributed by atoms with E-state index in [1.807, 2.05) is 6.07 Å². The van der Waals surface area contributed by atoms with Gasteiger partial charge in [-0.25, -0.2) is 0 Å². The van der Waals surface area contributed by atoms with Gasteiger partial charge in [0.15, 0.2) is 0 Å². The van der Waals surface area contributed by atoms with Gasteiger partial charge in [-0.3, -0.25) is 0 Å². The first kappa shape index (κ1) is 15.7. The van der Waals surface area contributed by atoms with E-state index in [0.29, 0.717) is 0 Å². The summed E-state index contributed by atoms with van der Waals surface area (Å²) < 4.78 is 0. The molecule has 112 valence electrons. The maximum Gasteiger partial charge on any atom is 0.0410 e. The number of hydrogen-bond donors (Lipinski definition) is 1. The fraction of sp³-hybridized carbons (Fsp3) is 0.647. The highest BCUT2D eigenvalue weighted by Crippen LogP contribution is 2.31. The molecular weight excluding hydrogens is 268 g/mol. The summed E-state index contributed by atoms with van der Waals surface area (Å²) in [6.07, 6.45) is 3.23. The minimum atomic E-state index is 0.215. The summed E-state index contributed by atoms with van der Waals surface area (Å²) in [5, 5.41) is 0.810. The van der Waals surface area contributed by atoms with Crippen LogP contribution in [0.4, 0.5) is 5.69 Å². The Bertz CT molecular complexity index is 437. The van der Waals surface area contributed by atoms with Crippen molar-refractivity contribution in [3.63, 3.8) is 0 Å². The van der Waals surface area contributed by atoms with Crippen LogP contribution in [0.25, 0.3) is 0 Å². The van der Waals surface area contributed by atoms with E-state index in [0.717, 1.165) is 42.8 Å². The maximum atomic E-state index is 6.18. The van der Waals surface area contributed by atoms with Gasteiger partial charge in [0, 0.05) is 29.8 Å². The molecule has 1 aliphatic heterocycles. The van der Waals surface area contributed by atoms with E-state index in [9.17, 15) is 0 Å². The lowest BCUT2D eigenvalue weighted by molar-refractivity contribution is 0.356. The van der Waals surface area contributed by atoms with E-state index in [1.54, 1.807) is 0 Å². The van der Waals surface area contributed by atoms with Crippen LogP contribution in [-0.4, -0.2) is 19.1 Å². The van der Waals surface area contributed by atoms with Gasteiger partial charge in [0.1, 0.15) is 0 Å². The molecule has 0 spiro atoms. The fourth-order valence-corrected chi connectivity index (χ4v) is 3.51. The highest BCUT2D eigenvalue weighted by Gasteiger charge is 2.23. The molecule has 2 N–H and O–H groups in total. The summed E-state index contributed by atoms with van der Waals surface area (Å²) in [5.41, 5.74) is 8.78. The van der Waals surface area contributed by atoms with Gasteiger partial charge in [0.05, 0.1) is 0 Å². The summed E-state index contributed by atoms with van der Waals surface area (Å²) in [6.45, 7) is 9.10. The predicted molar refractivity (Wildman–Crippen MR) is 88.6 cm³/mol. The minimum Gasteiger partial charge on any atom is -0.371 e. The Morgan fingerprint density at radius 2 is 1.95 bits per heavy atom. The lowest BCUT2D eigenvalue weighted by Crippen LogP contribution is -2.39. The first-order valence-corrected chi connectivity index (χ1v) is 8.16. The molecule has 3 atom stereocenters. The average Bonchev–Trinajstić information content (AvgIpc) is 2.37. The van der Waals surface area contributed by atoms with Crippen molar-refractivity contribution in [1.29, 1.82) is 0 Å². The molecule has 0 amide bonds. The molecule has 2 nitrogen and oxygen atoms in total. The Hall–Kier alpha value is -0.730. The van der Waals surface area contributed by atoms with E-state index < -0.39 is 0 Å². The molecule has 1 aromatic carbocycles. The number of nitrogens with zero attached hydrogens (tertiary/aromatic N) is 1. The van der Waals surface area contributed by atoms with Crippen LogP contribution < -0.4 is 10.6 Å². The number of hydrogen-bond acceptors (Lipinski definition) is 2. The second-order valence-electron chi connectivity index (χ2n) is 6.50. The van der Waals surface area contributed by atoms with Crippen LogP contribution >= 0.6 is 11.6 Å². The molecular formula is C17H27ClN2. The Morgan fingerprint density at radius 3 is 2.55 bits per heavy atom. The number of piperidine rings is 1. The molecule has 1 aromatic rings. The Labute approximate surface area is 128 Å². The van der Waals surface area contributed by atoms with Crippen molar-refractivity contribution in [3.05, 3.63) is 28.8 Å². The highest BCUT2D eigenvalue weighted by atomic mass is 35.5. The van der Waals surface area contributed by atoms with E-state index in [2.05, 4.69) is 37.8 Å². The van der Waals surface area contributed by atoms with Crippen molar-refractivity contribution in [2.75, 3.05) is 18.0 Å². The predicted octanol–water partition coefficient (Wildman–Crippen LogP) is 4.10. The lowest BCUT2D eigenvalue weighted by Gasteiger charge is -2.38. The zero-order valence-electron chi connectivity index (χ0n) is 12.9. The van der Waals surface area contributed by atoms with Crippen LogP contribution in [0.2, 0.25) is 5.02 Å². The Morgan fingerprint density at radius 1 is 1.30 bits per heavy atom. The molecule has 20 heavy (non-hydrogen) atoms. The van der Waals surface area contributed by atoms with Crippen molar-refractivity contribution < 1.29 is 0 Å². The summed E-state index contributed by atoms with van der Waals surface area (Å²) in [6, 6.07) is 6.48. The average molecular weight is 295 g/mol. The number of benzene rings is 1. The molecule has 3 heteroatoms. The highest BCUT2D eigenvalue weighted by molar-refractivity contribution is 6.30. The third-order valence-corrected chi connectivity index (χ3v) is 4.49. The number of nitrogens with two attached hydrogens (primary N) is 1. The van der Waals surface area contributed by atoms with E-state index in [-0.39, 0.29) is 6.04 Å². The first-order valence-electron chi connectivity index (χ1n) is 7.78. The summed E-state index contributed by atoms with van der Waals surface area (Å²) in [7, 11) is 0. The monoisotopic (exact) mass is 294 g/mol. The molecule has 3 unspecified atom stereocenters. The van der Waals surface area contributed by atoms with Gasteiger partial charge in [-0.05, 0) is 54.9 Å². The number of anilines is 1. The third kappa shape index (κ3) is 3.89. The van der Waals surface area contributed by atoms with Crippen molar-refractivity contribution in [2.24, 2.45) is 17.6 Å². The van der Waals surface area contributed by atoms with Crippen LogP contribution in [0.3, 0.4) is 0 Å². The second-order valence-corrected chi connectivity index (χ2v) is 6.93. The molecule has 0 saturated carbocycles. The number of rotatable bonds is 4. The molecule has 1 aliphatic rings. The molecule has 0 bridgehead atoms. The smallest absolute Gasteiger partial charge is 0.0410 e. The van der Waals surface area contributed by atoms with E-state index in [1.165, 1.54) is 17.7 Å². The van der Waals surface area contributed by atoms with Crippen molar-refractivity contribution in [2.45, 2.75) is 46.1 Å². The normalized spacial score (nSPS) is 24.8. The molecule has 0 radical (unpaired) electrons. The molecule has 1 heterocycles. The zero-order valence-corrected chi connectivity index (χ0v) is 13.7. The summed E-state index contributed by atoms with van der Waals surface area (Å²) >= 11 is 6.18. The number of halogens is 1. The third-order valence-electron chi connectivity index (χ3n) is 4.26. The first-order chi connectivity index (χ1) is 9.49. The minimum absolute atomic E-state index is 0.215. The Balaban J connectivity index is 2.25. The van der Waals surface area contributed by atoms with Crippen LogP contribution in [0, 0.1) is 11.8 Å². The van der Waals surface area contributed by atoms with Gasteiger partial charge in [-0.15, -0.1) is 0 Å². The second kappa shape index (κ2) is 6.82. The summed E-state index contributed by atoms with van der Waals surface area (Å²) in [5.74, 6) is 1.50. The zero-order chi connectivity index (χ0) is 14.7. The van der Waals surface area contributed by atoms with Gasteiger partial charge in [-0.2, -0.15) is 0 Å². The fourth-order valence-electron chi connectivity index (χ4n) is 3.31. The van der Waals surface area contributed by atoms with E-state index >= 15 is 0 Å². The SMILES string of the molecule is CCC(N)Cc1cc(Cl)ccc1N1CC(C)CC(C)C1. The van der Waals surface area contributed by atoms with Crippen LogP contribution in [0.5, 0.6) is 0 Å². The van der Waals surface area contributed by atoms with Crippen molar-refractivity contribution in [1.82, 2.24) is 0 Å². The molecule has 0 aromatic heterocycles. The van der Waals surface area contributed by atoms with Crippen molar-refractivity contribution >= 4 is 17.3 Å². The summed E-state index contributed by atoms with van der Waals surface area (Å²) in [4.78, 5) is 2.52.